The second kappa shape index (κ2) is 8.36. The molecule has 0 aliphatic carbocycles. The first kappa shape index (κ1) is 17.1. The van der Waals surface area contributed by atoms with Crippen molar-refractivity contribution in [2.24, 2.45) is 5.92 Å². The number of rotatable bonds is 8. The van der Waals surface area contributed by atoms with Gasteiger partial charge >= 0.3 is 11.6 Å². The van der Waals surface area contributed by atoms with Gasteiger partial charge in [0.25, 0.3) is 0 Å². The predicted molar refractivity (Wildman–Crippen MR) is 87.6 cm³/mol. The summed E-state index contributed by atoms with van der Waals surface area (Å²) in [5.41, 5.74) is 0.106. The lowest BCUT2D eigenvalue weighted by Crippen LogP contribution is -2.12. The number of hydrogen-bond donors (Lipinski definition) is 0. The normalized spacial score (nSPS) is 10.9. The largest absolute Gasteiger partial charge is 0.493 e. The fourth-order valence-electron chi connectivity index (χ4n) is 2.10. The molecule has 0 fully saturated rings. The van der Waals surface area contributed by atoms with Crippen LogP contribution >= 0.6 is 0 Å². The number of hydrogen-bond acceptors (Lipinski definition) is 5. The fourth-order valence-corrected chi connectivity index (χ4v) is 2.10. The predicted octanol–water partition coefficient (Wildman–Crippen LogP) is 3.54. The Labute approximate surface area is 135 Å². The number of benzene rings is 1. The molecule has 124 valence electrons. The van der Waals surface area contributed by atoms with E-state index in [2.05, 4.69) is 0 Å². The molecular weight excluding hydrogens is 296 g/mol. The van der Waals surface area contributed by atoms with Gasteiger partial charge in [-0.3, -0.25) is 4.79 Å². The number of ether oxygens (including phenoxy) is 2. The van der Waals surface area contributed by atoms with E-state index in [1.54, 1.807) is 6.07 Å². The van der Waals surface area contributed by atoms with Crippen molar-refractivity contribution in [1.29, 1.82) is 0 Å². The molecule has 2 rings (SSSR count). The molecule has 0 atom stereocenters. The van der Waals surface area contributed by atoms with Gasteiger partial charge in [-0.25, -0.2) is 4.79 Å². The second-order valence-electron chi connectivity index (χ2n) is 5.66. The Morgan fingerprint density at radius 3 is 2.65 bits per heavy atom. The molecular formula is C18H22O5. The van der Waals surface area contributed by atoms with Crippen LogP contribution in [0, 0.1) is 5.92 Å². The van der Waals surface area contributed by atoms with Crippen LogP contribution < -0.4 is 10.4 Å². The van der Waals surface area contributed by atoms with E-state index in [0.717, 1.165) is 24.6 Å². The highest BCUT2D eigenvalue weighted by atomic mass is 16.5. The third kappa shape index (κ3) is 5.13. The average Bonchev–Trinajstić information content (AvgIpc) is 2.53. The van der Waals surface area contributed by atoms with Gasteiger partial charge in [0.15, 0.2) is 0 Å². The van der Waals surface area contributed by atoms with Crippen molar-refractivity contribution < 1.29 is 18.7 Å². The number of esters is 1. The Morgan fingerprint density at radius 1 is 1.13 bits per heavy atom. The smallest absolute Gasteiger partial charge is 0.339 e. The van der Waals surface area contributed by atoms with Gasteiger partial charge < -0.3 is 13.9 Å². The number of fused-ring (bicyclic) bond motifs is 1. The maximum Gasteiger partial charge on any atom is 0.339 e. The molecule has 5 heteroatoms. The van der Waals surface area contributed by atoms with E-state index in [-0.39, 0.29) is 11.9 Å². The highest BCUT2D eigenvalue weighted by molar-refractivity contribution is 5.82. The first-order chi connectivity index (χ1) is 11.1. The Morgan fingerprint density at radius 2 is 1.87 bits per heavy atom. The maximum atomic E-state index is 11.5. The Balaban J connectivity index is 1.75. The van der Waals surface area contributed by atoms with E-state index in [1.165, 1.54) is 6.07 Å². The Kier molecular flexibility index (Phi) is 6.20. The van der Waals surface area contributed by atoms with Gasteiger partial charge in [-0.2, -0.15) is 0 Å². The molecule has 0 bridgehead atoms. The monoisotopic (exact) mass is 318 g/mol. The van der Waals surface area contributed by atoms with Gasteiger partial charge in [-0.1, -0.05) is 26.0 Å². The lowest BCUT2D eigenvalue weighted by atomic mass is 10.2. The molecule has 5 nitrogen and oxygen atoms in total. The summed E-state index contributed by atoms with van der Waals surface area (Å²) in [7, 11) is 0. The summed E-state index contributed by atoms with van der Waals surface area (Å²) in [6, 6.07) is 8.66. The molecule has 0 N–H and O–H groups in total. The van der Waals surface area contributed by atoms with Crippen LogP contribution in [-0.4, -0.2) is 19.2 Å². The Hall–Kier alpha value is -2.30. The first-order valence-electron chi connectivity index (χ1n) is 7.90. The van der Waals surface area contributed by atoms with Crippen LogP contribution in [0.4, 0.5) is 0 Å². The van der Waals surface area contributed by atoms with Crippen LogP contribution in [0.3, 0.4) is 0 Å². The standard InChI is InChI=1S/C18H22O5/c1-13(2)18(20)22-11-7-3-6-10-21-16-12-17(19)23-15-9-5-4-8-14(15)16/h4-5,8-9,12-13H,3,6-7,10-11H2,1-2H3. The number of carbonyl (C=O) groups is 1. The zero-order valence-electron chi connectivity index (χ0n) is 13.5. The Bertz CT molecular complexity index is 702. The topological polar surface area (TPSA) is 65.7 Å². The number of carbonyl (C=O) groups excluding carboxylic acids is 1. The van der Waals surface area contributed by atoms with Crippen molar-refractivity contribution in [3.63, 3.8) is 0 Å². The molecule has 0 amide bonds. The van der Waals surface area contributed by atoms with Crippen LogP contribution in [0.15, 0.2) is 39.5 Å². The molecule has 1 aromatic carbocycles. The van der Waals surface area contributed by atoms with Gasteiger partial charge in [-0.05, 0) is 31.4 Å². The average molecular weight is 318 g/mol. The summed E-state index contributed by atoms with van der Waals surface area (Å²) >= 11 is 0. The zero-order valence-corrected chi connectivity index (χ0v) is 13.5. The third-order valence-corrected chi connectivity index (χ3v) is 3.37. The van der Waals surface area contributed by atoms with Crippen LogP contribution in [0.25, 0.3) is 11.0 Å². The molecule has 0 unspecified atom stereocenters. The lowest BCUT2D eigenvalue weighted by Gasteiger charge is -2.09. The van der Waals surface area contributed by atoms with Crippen LogP contribution in [0.2, 0.25) is 0 Å². The van der Waals surface area contributed by atoms with Crippen LogP contribution in [0.1, 0.15) is 33.1 Å². The summed E-state index contributed by atoms with van der Waals surface area (Å²) < 4.78 is 15.9. The molecule has 0 spiro atoms. The van der Waals surface area contributed by atoms with Gasteiger partial charge in [-0.15, -0.1) is 0 Å². The van der Waals surface area contributed by atoms with Crippen molar-refractivity contribution in [2.45, 2.75) is 33.1 Å². The summed E-state index contributed by atoms with van der Waals surface area (Å²) in [5.74, 6) is 0.295. The van der Waals surface area contributed by atoms with E-state index in [9.17, 15) is 9.59 Å². The third-order valence-electron chi connectivity index (χ3n) is 3.37. The highest BCUT2D eigenvalue weighted by Gasteiger charge is 2.08. The van der Waals surface area contributed by atoms with E-state index >= 15 is 0 Å². The highest BCUT2D eigenvalue weighted by Crippen LogP contribution is 2.23. The molecule has 0 radical (unpaired) electrons. The maximum absolute atomic E-state index is 11.5. The van der Waals surface area contributed by atoms with Crippen molar-refractivity contribution in [1.82, 2.24) is 0 Å². The lowest BCUT2D eigenvalue weighted by molar-refractivity contribution is -0.147. The molecule has 0 saturated carbocycles. The van der Waals surface area contributed by atoms with Gasteiger partial charge in [0.2, 0.25) is 0 Å². The minimum absolute atomic E-state index is 0.0867. The summed E-state index contributed by atoms with van der Waals surface area (Å²) in [4.78, 5) is 22.8. The summed E-state index contributed by atoms with van der Waals surface area (Å²) in [6.45, 7) is 4.58. The van der Waals surface area contributed by atoms with Gasteiger partial charge in [0.05, 0.1) is 30.6 Å². The molecule has 1 heterocycles. The molecule has 23 heavy (non-hydrogen) atoms. The van der Waals surface area contributed by atoms with Gasteiger partial charge in [0, 0.05) is 0 Å². The van der Waals surface area contributed by atoms with E-state index < -0.39 is 5.63 Å². The summed E-state index contributed by atoms with van der Waals surface area (Å²) in [6.07, 6.45) is 2.53. The van der Waals surface area contributed by atoms with Crippen LogP contribution in [-0.2, 0) is 9.53 Å². The quantitative estimate of drug-likeness (QED) is 0.423. The molecule has 0 aliphatic rings. The zero-order chi connectivity index (χ0) is 16.7. The molecule has 0 aliphatic heterocycles. The van der Waals surface area contributed by atoms with Crippen molar-refractivity contribution in [3.05, 3.63) is 40.8 Å². The molecule has 0 saturated heterocycles. The SMILES string of the molecule is CC(C)C(=O)OCCCCCOc1cc(=O)oc2ccccc12. The molecule has 2 aromatic rings. The fraction of sp³-hybridized carbons (Fsp3) is 0.444. The minimum Gasteiger partial charge on any atom is -0.493 e. The van der Waals surface area contributed by atoms with Crippen molar-refractivity contribution in [2.75, 3.05) is 13.2 Å². The number of para-hydroxylation sites is 1. The van der Waals surface area contributed by atoms with Crippen molar-refractivity contribution in [3.8, 4) is 5.75 Å². The summed E-state index contributed by atoms with van der Waals surface area (Å²) in [5, 5.41) is 0.790. The second-order valence-corrected chi connectivity index (χ2v) is 5.66. The van der Waals surface area contributed by atoms with Gasteiger partial charge in [0.1, 0.15) is 11.3 Å². The number of unbranched alkanes of at least 4 members (excludes halogenated alkanes) is 2. The van der Waals surface area contributed by atoms with E-state index in [1.807, 2.05) is 32.0 Å². The van der Waals surface area contributed by atoms with E-state index in [4.69, 9.17) is 13.9 Å². The van der Waals surface area contributed by atoms with E-state index in [0.29, 0.717) is 24.5 Å². The first-order valence-corrected chi connectivity index (χ1v) is 7.90. The van der Waals surface area contributed by atoms with Crippen LogP contribution in [0.5, 0.6) is 5.75 Å². The molecule has 1 aromatic heterocycles. The minimum atomic E-state index is -0.417. The van der Waals surface area contributed by atoms with Crippen molar-refractivity contribution >= 4 is 16.9 Å².